The van der Waals surface area contributed by atoms with Crippen molar-refractivity contribution >= 4 is 28.7 Å². The van der Waals surface area contributed by atoms with E-state index in [9.17, 15) is 27.5 Å². The summed E-state index contributed by atoms with van der Waals surface area (Å²) in [5.41, 5.74) is 7.72. The molecule has 35 heavy (non-hydrogen) atoms. The van der Waals surface area contributed by atoms with E-state index >= 15 is 0 Å². The average molecular weight is 488 g/mol. The Kier molecular flexibility index (Phi) is 6.56. The molecule has 2 heterocycles. The maximum absolute atomic E-state index is 13.9. The first kappa shape index (κ1) is 24.0. The zero-order valence-corrected chi connectivity index (χ0v) is 18.1. The van der Waals surface area contributed by atoms with Crippen molar-refractivity contribution < 1.29 is 27.5 Å². The second-order valence-corrected chi connectivity index (χ2v) is 7.64. The van der Waals surface area contributed by atoms with Crippen molar-refractivity contribution in [2.75, 3.05) is 23.0 Å². The number of hydrogen-bond donors (Lipinski definition) is 4. The van der Waals surface area contributed by atoms with Gasteiger partial charge in [0.25, 0.3) is 0 Å². The highest BCUT2D eigenvalue weighted by atomic mass is 19.4. The van der Waals surface area contributed by atoms with Gasteiger partial charge in [0.15, 0.2) is 5.82 Å². The molecule has 4 rings (SSSR count). The summed E-state index contributed by atoms with van der Waals surface area (Å²) in [4.78, 5) is 16.3. The highest BCUT2D eigenvalue weighted by Crippen LogP contribution is 2.34. The quantitative estimate of drug-likeness (QED) is 0.294. The molecule has 0 bridgehead atoms. The van der Waals surface area contributed by atoms with E-state index in [1.165, 1.54) is 6.33 Å². The molecule has 0 fully saturated rings. The Morgan fingerprint density at radius 2 is 1.86 bits per heavy atom. The van der Waals surface area contributed by atoms with Gasteiger partial charge >= 0.3 is 12.2 Å². The molecule has 0 saturated carbocycles. The number of rotatable bonds is 6. The van der Waals surface area contributed by atoms with Crippen LogP contribution in [-0.4, -0.2) is 32.3 Å². The first-order chi connectivity index (χ1) is 16.7. The van der Waals surface area contributed by atoms with Crippen LogP contribution in [0.4, 0.5) is 39.5 Å². The van der Waals surface area contributed by atoms with Crippen LogP contribution in [0, 0.1) is 5.82 Å². The summed E-state index contributed by atoms with van der Waals surface area (Å²) in [7, 11) is 0. The number of hydrogen-bond acceptors (Lipinski definition) is 5. The molecule has 8 nitrogen and oxygen atoms in total. The van der Waals surface area contributed by atoms with Crippen LogP contribution in [0.5, 0.6) is 0 Å². The van der Waals surface area contributed by atoms with Gasteiger partial charge in [-0.15, -0.1) is 0 Å². The number of aliphatic hydroxyl groups is 1. The Morgan fingerprint density at radius 3 is 2.54 bits per heavy atom. The van der Waals surface area contributed by atoms with Crippen LogP contribution in [-0.2, 0) is 12.6 Å². The van der Waals surface area contributed by atoms with E-state index in [4.69, 9.17) is 5.73 Å². The van der Waals surface area contributed by atoms with E-state index in [0.29, 0.717) is 42.2 Å². The minimum Gasteiger partial charge on any atom is -0.396 e. The van der Waals surface area contributed by atoms with Gasteiger partial charge < -0.3 is 21.5 Å². The molecule has 182 valence electrons. The molecule has 0 saturated heterocycles. The number of nitrogens with two attached hydrogens (primary N) is 1. The van der Waals surface area contributed by atoms with E-state index in [2.05, 4.69) is 20.7 Å². The highest BCUT2D eigenvalue weighted by Gasteiger charge is 2.31. The average Bonchev–Trinajstić information content (AvgIpc) is 3.18. The van der Waals surface area contributed by atoms with Gasteiger partial charge in [0.1, 0.15) is 17.7 Å². The lowest BCUT2D eigenvalue weighted by molar-refractivity contribution is -0.137. The number of aryl methyl sites for hydroxylation is 1. The number of alkyl halides is 3. The van der Waals surface area contributed by atoms with Crippen LogP contribution in [0.1, 0.15) is 17.5 Å². The lowest BCUT2D eigenvalue weighted by Gasteiger charge is -2.12. The molecule has 0 unspecified atom stereocenters. The third-order valence-electron chi connectivity index (χ3n) is 5.26. The van der Waals surface area contributed by atoms with Crippen molar-refractivity contribution in [1.82, 2.24) is 14.6 Å². The third kappa shape index (κ3) is 5.17. The molecule has 0 aliphatic carbocycles. The number of anilines is 3. The number of nitrogens with zero attached hydrogens (tertiary/aromatic N) is 3. The van der Waals surface area contributed by atoms with Gasteiger partial charge in [0.2, 0.25) is 0 Å². The van der Waals surface area contributed by atoms with Crippen LogP contribution in [0.25, 0.3) is 16.6 Å². The number of nitrogens with one attached hydrogen (secondary N) is 2. The smallest absolute Gasteiger partial charge is 0.396 e. The van der Waals surface area contributed by atoms with Crippen molar-refractivity contribution in [2.24, 2.45) is 0 Å². The molecule has 0 radical (unpaired) electrons. The zero-order valence-electron chi connectivity index (χ0n) is 18.1. The number of aromatic nitrogens is 3. The number of urea groups is 1. The first-order valence-electron chi connectivity index (χ1n) is 10.4. The largest absolute Gasteiger partial charge is 0.416 e. The maximum atomic E-state index is 13.9. The van der Waals surface area contributed by atoms with Crippen LogP contribution in [0.2, 0.25) is 0 Å². The number of benzene rings is 2. The fourth-order valence-corrected chi connectivity index (χ4v) is 3.67. The summed E-state index contributed by atoms with van der Waals surface area (Å²) in [6.45, 7) is 0.0111. The monoisotopic (exact) mass is 488 g/mol. The normalized spacial score (nSPS) is 11.6. The zero-order chi connectivity index (χ0) is 25.2. The van der Waals surface area contributed by atoms with E-state index in [-0.39, 0.29) is 12.4 Å². The summed E-state index contributed by atoms with van der Waals surface area (Å²) >= 11 is 0. The van der Waals surface area contributed by atoms with Gasteiger partial charge in [-0.2, -0.15) is 18.3 Å². The van der Waals surface area contributed by atoms with Gasteiger partial charge in [-0.05, 0) is 54.3 Å². The van der Waals surface area contributed by atoms with Gasteiger partial charge in [-0.25, -0.2) is 18.7 Å². The molecule has 0 spiro atoms. The Bertz CT molecular complexity index is 1370. The topological polar surface area (TPSA) is 118 Å². The van der Waals surface area contributed by atoms with Crippen molar-refractivity contribution in [2.45, 2.75) is 19.0 Å². The lowest BCUT2D eigenvalue weighted by atomic mass is 9.99. The van der Waals surface area contributed by atoms with Gasteiger partial charge in [-0.3, -0.25) is 0 Å². The van der Waals surface area contributed by atoms with Crippen molar-refractivity contribution in [3.8, 4) is 11.1 Å². The second kappa shape index (κ2) is 9.58. The van der Waals surface area contributed by atoms with E-state index in [1.807, 2.05) is 6.20 Å². The Labute approximate surface area is 196 Å². The molecule has 2 aromatic carbocycles. The maximum Gasteiger partial charge on any atom is 0.416 e. The van der Waals surface area contributed by atoms with Crippen LogP contribution >= 0.6 is 0 Å². The number of aliphatic hydroxyl groups excluding tert-OH is 1. The molecule has 2 aromatic heterocycles. The number of carbonyl (C=O) groups excluding carboxylic acids is 1. The molecular weight excluding hydrogens is 468 g/mol. The highest BCUT2D eigenvalue weighted by molar-refractivity contribution is 6.00. The van der Waals surface area contributed by atoms with Crippen molar-refractivity contribution in [1.29, 1.82) is 0 Å². The summed E-state index contributed by atoms with van der Waals surface area (Å²) < 4.78 is 54.1. The van der Waals surface area contributed by atoms with Crippen molar-refractivity contribution in [3.05, 3.63) is 71.9 Å². The van der Waals surface area contributed by atoms with Crippen LogP contribution < -0.4 is 16.4 Å². The minimum atomic E-state index is -4.68. The molecule has 5 N–H and O–H groups in total. The fraction of sp³-hybridized carbons (Fsp3) is 0.174. The predicted molar refractivity (Wildman–Crippen MR) is 122 cm³/mol. The van der Waals surface area contributed by atoms with Gasteiger partial charge in [0, 0.05) is 24.1 Å². The standard InChI is InChI=1S/C23H20F4N6O2/c24-17-8-5-15(23(25,26)27)10-18(17)32-22(35)31-16-6-3-13(4-7-16)19-14(2-1-9-34)11-33-20(19)21(28)29-12-30-33/h3-8,10-12,34H,1-2,9H2,(H2,28,29,30)(H2,31,32,35). The van der Waals surface area contributed by atoms with Gasteiger partial charge in [-0.1, -0.05) is 12.1 Å². The van der Waals surface area contributed by atoms with Crippen LogP contribution in [0.15, 0.2) is 55.0 Å². The number of amides is 2. The Morgan fingerprint density at radius 1 is 1.11 bits per heavy atom. The molecule has 2 amide bonds. The number of fused-ring (bicyclic) bond motifs is 1. The van der Waals surface area contributed by atoms with E-state index in [1.54, 1.807) is 28.8 Å². The van der Waals surface area contributed by atoms with Gasteiger partial charge in [0.05, 0.1) is 11.3 Å². The molecular formula is C23H20F4N6O2. The van der Waals surface area contributed by atoms with E-state index in [0.717, 1.165) is 16.7 Å². The summed E-state index contributed by atoms with van der Waals surface area (Å²) in [5.74, 6) is -0.728. The molecule has 0 aliphatic rings. The third-order valence-corrected chi connectivity index (χ3v) is 5.26. The SMILES string of the molecule is Nc1ncnn2cc(CCCO)c(-c3ccc(NC(=O)Nc4cc(C(F)(F)F)ccc4F)cc3)c12. The number of carbonyl (C=O) groups is 1. The molecule has 4 aromatic rings. The Hall–Kier alpha value is -4.19. The lowest BCUT2D eigenvalue weighted by Crippen LogP contribution is -2.20. The van der Waals surface area contributed by atoms with E-state index < -0.39 is 29.3 Å². The molecule has 0 atom stereocenters. The fourth-order valence-electron chi connectivity index (χ4n) is 3.67. The number of nitrogen functional groups attached to an aromatic ring is 1. The first-order valence-corrected chi connectivity index (χ1v) is 10.4. The Balaban J connectivity index is 1.56. The summed E-state index contributed by atoms with van der Waals surface area (Å²) in [6, 6.07) is 7.43. The predicted octanol–water partition coefficient (Wildman–Crippen LogP) is 4.71. The second-order valence-electron chi connectivity index (χ2n) is 7.64. The molecule has 12 heteroatoms. The van der Waals surface area contributed by atoms with Crippen LogP contribution in [0.3, 0.4) is 0 Å². The number of halogens is 4. The van der Waals surface area contributed by atoms with Crippen molar-refractivity contribution in [3.63, 3.8) is 0 Å². The summed E-state index contributed by atoms with van der Waals surface area (Å²) in [5, 5.41) is 18.0. The summed E-state index contributed by atoms with van der Waals surface area (Å²) in [6.07, 6.45) is -0.435. The molecule has 0 aliphatic heterocycles. The minimum absolute atomic E-state index is 0.0111.